The number of nitrogens with zero attached hydrogens (tertiary/aromatic N) is 2. The molecule has 1 aliphatic heterocycles. The van der Waals surface area contributed by atoms with Crippen molar-refractivity contribution in [1.29, 1.82) is 0 Å². The van der Waals surface area contributed by atoms with Crippen LogP contribution in [0.4, 0.5) is 0 Å². The van der Waals surface area contributed by atoms with Crippen molar-refractivity contribution in [2.24, 2.45) is 0 Å². The molecule has 3 rings (SSSR count). The molecule has 35 heavy (non-hydrogen) atoms. The Bertz CT molecular complexity index is 1120. The van der Waals surface area contributed by atoms with Gasteiger partial charge in [0, 0.05) is 24.2 Å². The Hall–Kier alpha value is -3.32. The van der Waals surface area contributed by atoms with Crippen LogP contribution in [0.3, 0.4) is 0 Å². The third-order valence-corrected chi connectivity index (χ3v) is 6.03. The van der Waals surface area contributed by atoms with Crippen molar-refractivity contribution in [1.82, 2.24) is 9.80 Å². The molecule has 1 saturated heterocycles. The normalized spacial score (nSPS) is 17.7. The summed E-state index contributed by atoms with van der Waals surface area (Å²) in [6.45, 7) is 8.80. The number of hydrogen-bond donors (Lipinski definition) is 1. The van der Waals surface area contributed by atoms with Crippen LogP contribution in [-0.2, 0) is 9.59 Å². The number of Topliss-reactive ketones (excluding diaryl/α,β-unsaturated/α-hetero) is 1. The van der Waals surface area contributed by atoms with Crippen LogP contribution in [0, 0.1) is 0 Å². The number of amides is 1. The summed E-state index contributed by atoms with van der Waals surface area (Å²) in [5.74, 6) is -0.119. The Kier molecular flexibility index (Phi) is 8.22. The van der Waals surface area contributed by atoms with Gasteiger partial charge in [0.15, 0.2) is 0 Å². The van der Waals surface area contributed by atoms with Gasteiger partial charge in [0.1, 0.15) is 17.3 Å². The van der Waals surface area contributed by atoms with Crippen LogP contribution >= 0.6 is 0 Å². The van der Waals surface area contributed by atoms with Gasteiger partial charge in [-0.2, -0.15) is 0 Å². The van der Waals surface area contributed by atoms with Crippen LogP contribution in [0.2, 0.25) is 0 Å². The Morgan fingerprint density at radius 1 is 1.06 bits per heavy atom. The third-order valence-electron chi connectivity index (χ3n) is 6.03. The summed E-state index contributed by atoms with van der Waals surface area (Å²) in [4.78, 5) is 30.0. The summed E-state index contributed by atoms with van der Waals surface area (Å²) < 4.78 is 11.5. The number of ether oxygens (including phenoxy) is 2. The third kappa shape index (κ3) is 5.51. The van der Waals surface area contributed by atoms with Gasteiger partial charge in [-0.15, -0.1) is 0 Å². The first-order valence-electron chi connectivity index (χ1n) is 11.9. The second-order valence-corrected chi connectivity index (χ2v) is 9.61. The molecule has 1 unspecified atom stereocenters. The molecule has 7 nitrogen and oxygen atoms in total. The van der Waals surface area contributed by atoms with Gasteiger partial charge in [0.25, 0.3) is 11.7 Å². The Morgan fingerprint density at radius 2 is 1.74 bits per heavy atom. The predicted octanol–water partition coefficient (Wildman–Crippen LogP) is 4.59. The molecule has 0 bridgehead atoms. The molecule has 1 atom stereocenters. The minimum absolute atomic E-state index is 0.0634. The fourth-order valence-corrected chi connectivity index (χ4v) is 4.30. The molecule has 0 aliphatic carbocycles. The van der Waals surface area contributed by atoms with Crippen LogP contribution in [0.1, 0.15) is 56.3 Å². The summed E-state index contributed by atoms with van der Waals surface area (Å²) in [6, 6.07) is 11.9. The lowest BCUT2D eigenvalue weighted by Crippen LogP contribution is -2.35. The largest absolute Gasteiger partial charge is 0.507 e. The molecule has 0 saturated carbocycles. The maximum atomic E-state index is 13.3. The number of aliphatic hydroxyl groups is 1. The highest BCUT2D eigenvalue weighted by Gasteiger charge is 2.47. The number of hydrogen-bond acceptors (Lipinski definition) is 6. The van der Waals surface area contributed by atoms with Gasteiger partial charge in [0.2, 0.25) is 0 Å². The van der Waals surface area contributed by atoms with Gasteiger partial charge in [0.05, 0.1) is 24.8 Å². The van der Waals surface area contributed by atoms with E-state index in [0.717, 1.165) is 5.56 Å². The smallest absolute Gasteiger partial charge is 0.295 e. The number of carbonyl (C=O) groups excluding carboxylic acids is 2. The number of ketones is 1. The lowest BCUT2D eigenvalue weighted by Gasteiger charge is -2.28. The van der Waals surface area contributed by atoms with E-state index in [0.29, 0.717) is 35.7 Å². The zero-order valence-corrected chi connectivity index (χ0v) is 21.7. The molecule has 7 heteroatoms. The molecule has 2 aromatic carbocycles. The molecule has 2 aromatic rings. The minimum atomic E-state index is -0.769. The molecule has 1 amide bonds. The zero-order chi connectivity index (χ0) is 25.9. The van der Waals surface area contributed by atoms with Gasteiger partial charge in [-0.1, -0.05) is 32.0 Å². The van der Waals surface area contributed by atoms with E-state index < -0.39 is 17.7 Å². The maximum Gasteiger partial charge on any atom is 0.295 e. The van der Waals surface area contributed by atoms with Crippen molar-refractivity contribution in [3.63, 3.8) is 0 Å². The van der Waals surface area contributed by atoms with Crippen LogP contribution in [0.25, 0.3) is 5.76 Å². The summed E-state index contributed by atoms with van der Waals surface area (Å²) in [7, 11) is 5.42. The summed E-state index contributed by atoms with van der Waals surface area (Å²) in [6.07, 6.45) is -0.101. The molecule has 1 fully saturated rings. The van der Waals surface area contributed by atoms with E-state index in [9.17, 15) is 14.7 Å². The van der Waals surface area contributed by atoms with E-state index in [2.05, 4.69) is 0 Å². The van der Waals surface area contributed by atoms with Gasteiger partial charge in [-0.05, 0) is 63.7 Å². The number of para-hydroxylation sites is 1. The van der Waals surface area contributed by atoms with E-state index in [4.69, 9.17) is 9.47 Å². The molecular formula is C28H36N2O5. The van der Waals surface area contributed by atoms with E-state index in [1.54, 1.807) is 19.2 Å². The molecule has 1 heterocycles. The van der Waals surface area contributed by atoms with Gasteiger partial charge >= 0.3 is 0 Å². The van der Waals surface area contributed by atoms with Crippen molar-refractivity contribution in [3.05, 3.63) is 64.7 Å². The van der Waals surface area contributed by atoms with Crippen molar-refractivity contribution in [2.45, 2.75) is 45.8 Å². The van der Waals surface area contributed by atoms with E-state index >= 15 is 0 Å². The van der Waals surface area contributed by atoms with Crippen LogP contribution < -0.4 is 9.47 Å². The highest BCUT2D eigenvalue weighted by Crippen LogP contribution is 2.43. The number of likely N-dealkylation sites (tertiary alicyclic amines) is 1. The van der Waals surface area contributed by atoms with Crippen LogP contribution in [0.5, 0.6) is 11.5 Å². The SMILES string of the molecule is COc1ccc(/C(O)=C2\C(=O)C(=O)N(CCN(C)C)C2c2ccccc2OC(C)C)cc1C(C)C. The highest BCUT2D eigenvalue weighted by atomic mass is 16.5. The average Bonchev–Trinajstić information content (AvgIpc) is 3.06. The molecule has 188 valence electrons. The molecular weight excluding hydrogens is 444 g/mol. The van der Waals surface area contributed by atoms with Gasteiger partial charge < -0.3 is 24.4 Å². The number of aliphatic hydroxyl groups excluding tert-OH is 1. The van der Waals surface area contributed by atoms with E-state index in [-0.39, 0.29) is 23.4 Å². The molecule has 1 N–H and O–H groups in total. The van der Waals surface area contributed by atoms with Crippen molar-refractivity contribution < 1.29 is 24.2 Å². The first-order chi connectivity index (χ1) is 16.6. The minimum Gasteiger partial charge on any atom is -0.507 e. The van der Waals surface area contributed by atoms with Gasteiger partial charge in [-0.25, -0.2) is 0 Å². The number of benzene rings is 2. The Balaban J connectivity index is 2.23. The molecule has 1 aliphatic rings. The second kappa shape index (κ2) is 11.0. The highest BCUT2D eigenvalue weighted by molar-refractivity contribution is 6.46. The quantitative estimate of drug-likeness (QED) is 0.321. The molecule has 0 radical (unpaired) electrons. The average molecular weight is 481 g/mol. The van der Waals surface area contributed by atoms with Crippen LogP contribution in [0.15, 0.2) is 48.0 Å². The van der Waals surface area contributed by atoms with E-state index in [1.165, 1.54) is 4.90 Å². The number of carbonyl (C=O) groups is 2. The topological polar surface area (TPSA) is 79.3 Å². The fraction of sp³-hybridized carbons (Fsp3) is 0.429. The van der Waals surface area contributed by atoms with Crippen molar-refractivity contribution in [2.75, 3.05) is 34.3 Å². The number of methoxy groups -OCH3 is 1. The molecule has 0 aromatic heterocycles. The monoisotopic (exact) mass is 480 g/mol. The number of rotatable bonds is 9. The van der Waals surface area contributed by atoms with E-state index in [1.807, 2.05) is 77.0 Å². The van der Waals surface area contributed by atoms with Crippen LogP contribution in [-0.4, -0.2) is 67.0 Å². The summed E-state index contributed by atoms with van der Waals surface area (Å²) in [5, 5.41) is 11.5. The first-order valence-corrected chi connectivity index (χ1v) is 11.9. The number of likely N-dealkylation sites (N-methyl/N-ethyl adjacent to an activating group) is 1. The second-order valence-electron chi connectivity index (χ2n) is 9.61. The van der Waals surface area contributed by atoms with Crippen molar-refractivity contribution in [3.8, 4) is 11.5 Å². The standard InChI is InChI=1S/C28H36N2O5/c1-17(2)21-16-19(12-13-22(21)34-7)26(31)24-25(20-10-8-9-11-23(20)35-18(3)4)30(15-14-29(5)6)28(33)27(24)32/h8-13,16-18,25,31H,14-15H2,1-7H3/b26-24+. The summed E-state index contributed by atoms with van der Waals surface area (Å²) >= 11 is 0. The summed E-state index contributed by atoms with van der Waals surface area (Å²) in [5.41, 5.74) is 2.09. The Labute approximate surface area is 207 Å². The van der Waals surface area contributed by atoms with Crippen molar-refractivity contribution >= 4 is 17.4 Å². The lowest BCUT2D eigenvalue weighted by atomic mass is 9.92. The fourth-order valence-electron chi connectivity index (χ4n) is 4.30. The maximum absolute atomic E-state index is 13.3. The molecule has 0 spiro atoms. The predicted molar refractivity (Wildman–Crippen MR) is 137 cm³/mol. The Morgan fingerprint density at radius 3 is 2.34 bits per heavy atom. The first kappa shape index (κ1) is 26.3. The zero-order valence-electron chi connectivity index (χ0n) is 21.7. The van der Waals surface area contributed by atoms with Gasteiger partial charge in [-0.3, -0.25) is 9.59 Å². The lowest BCUT2D eigenvalue weighted by molar-refractivity contribution is -0.140.